The minimum absolute atomic E-state index is 0.00952. The molecule has 0 aromatic heterocycles. The number of carbonyl (C=O) groups is 1. The topological polar surface area (TPSA) is 41.9 Å². The van der Waals surface area contributed by atoms with Crippen LogP contribution < -0.4 is 0 Å². The van der Waals surface area contributed by atoms with Gasteiger partial charge in [0.1, 0.15) is 5.60 Å². The monoisotopic (exact) mass is 518 g/mol. The van der Waals surface area contributed by atoms with Gasteiger partial charge in [0.05, 0.1) is 11.8 Å². The van der Waals surface area contributed by atoms with E-state index in [1.807, 2.05) is 70.2 Å². The Hall–Kier alpha value is -1.79. The summed E-state index contributed by atoms with van der Waals surface area (Å²) in [5.74, 6) is 0. The number of rotatable bonds is 7. The number of carbonyl (C=O) groups excluding carboxylic acids is 1. The Kier molecular flexibility index (Phi) is 9.40. The van der Waals surface area contributed by atoms with Crippen LogP contribution in [-0.4, -0.2) is 33.6 Å². The van der Waals surface area contributed by atoms with Crippen LogP contribution in [0.4, 0.5) is 4.79 Å². The standard InChI is InChI=1S/C26H35BrN2O2S/c1-19(20-13-15-22(27)16-14-20)29(24(30)31-25(2,3)4)18-17-23(28-32-26(5,6)7)21-11-9-8-10-12-21/h8-16,19H,17-18H2,1-7H3/b28-23+. The zero-order valence-corrected chi connectivity index (χ0v) is 22.6. The van der Waals surface area contributed by atoms with Crippen LogP contribution in [0.3, 0.4) is 0 Å². The molecule has 0 fully saturated rings. The summed E-state index contributed by atoms with van der Waals surface area (Å²) in [6, 6.07) is 18.1. The minimum Gasteiger partial charge on any atom is -0.444 e. The van der Waals surface area contributed by atoms with Gasteiger partial charge in [-0.1, -0.05) is 58.4 Å². The summed E-state index contributed by atoms with van der Waals surface area (Å²) in [7, 11) is 0. The number of hydrogen-bond acceptors (Lipinski definition) is 4. The molecule has 0 bridgehead atoms. The molecule has 2 aromatic carbocycles. The molecule has 0 aliphatic rings. The number of ether oxygens (including phenoxy) is 1. The number of hydrogen-bond donors (Lipinski definition) is 0. The number of benzene rings is 2. The number of nitrogens with zero attached hydrogens (tertiary/aromatic N) is 2. The molecule has 174 valence electrons. The average molecular weight is 520 g/mol. The maximum atomic E-state index is 13.2. The second-order valence-corrected chi connectivity index (χ2v) is 12.3. The normalized spacial score (nSPS) is 13.6. The molecule has 1 atom stereocenters. The number of halogens is 1. The van der Waals surface area contributed by atoms with Crippen molar-refractivity contribution >= 4 is 39.7 Å². The van der Waals surface area contributed by atoms with Crippen LogP contribution in [0.15, 0.2) is 63.5 Å². The summed E-state index contributed by atoms with van der Waals surface area (Å²) in [5.41, 5.74) is 2.54. The first kappa shape index (κ1) is 26.5. The van der Waals surface area contributed by atoms with Crippen LogP contribution in [0.2, 0.25) is 0 Å². The maximum absolute atomic E-state index is 13.2. The number of amides is 1. The first-order valence-electron chi connectivity index (χ1n) is 10.9. The van der Waals surface area contributed by atoms with Crippen LogP contribution in [0.1, 0.15) is 72.1 Å². The van der Waals surface area contributed by atoms with Crippen LogP contribution in [0.25, 0.3) is 0 Å². The second kappa shape index (κ2) is 11.4. The molecule has 32 heavy (non-hydrogen) atoms. The predicted octanol–water partition coefficient (Wildman–Crippen LogP) is 8.07. The van der Waals surface area contributed by atoms with Crippen molar-refractivity contribution in [2.45, 2.75) is 71.3 Å². The van der Waals surface area contributed by atoms with Gasteiger partial charge in [-0.15, -0.1) is 0 Å². The van der Waals surface area contributed by atoms with E-state index in [0.29, 0.717) is 13.0 Å². The van der Waals surface area contributed by atoms with Crippen molar-refractivity contribution in [1.82, 2.24) is 4.90 Å². The third-order valence-corrected chi connectivity index (χ3v) is 5.96. The van der Waals surface area contributed by atoms with Gasteiger partial charge in [-0.25, -0.2) is 9.19 Å². The fourth-order valence-corrected chi connectivity index (χ4v) is 3.82. The summed E-state index contributed by atoms with van der Waals surface area (Å²) in [6.45, 7) is 14.7. The molecule has 6 heteroatoms. The molecule has 0 saturated heterocycles. The molecule has 0 radical (unpaired) electrons. The van der Waals surface area contributed by atoms with E-state index in [1.54, 1.807) is 16.8 Å². The molecular formula is C26H35BrN2O2S. The lowest BCUT2D eigenvalue weighted by molar-refractivity contribution is 0.0180. The van der Waals surface area contributed by atoms with E-state index in [-0.39, 0.29) is 16.9 Å². The van der Waals surface area contributed by atoms with Crippen molar-refractivity contribution < 1.29 is 9.53 Å². The Morgan fingerprint density at radius 2 is 1.62 bits per heavy atom. The Balaban J connectivity index is 2.31. The lowest BCUT2D eigenvalue weighted by Gasteiger charge is -2.32. The smallest absolute Gasteiger partial charge is 0.410 e. The van der Waals surface area contributed by atoms with Gasteiger partial charge in [-0.05, 0) is 83.7 Å². The first-order chi connectivity index (χ1) is 14.9. The van der Waals surface area contributed by atoms with Gasteiger partial charge in [0.2, 0.25) is 0 Å². The fraction of sp³-hybridized carbons (Fsp3) is 0.462. The zero-order valence-electron chi connectivity index (χ0n) is 20.2. The van der Waals surface area contributed by atoms with Crippen molar-refractivity contribution in [2.24, 2.45) is 4.40 Å². The van der Waals surface area contributed by atoms with E-state index in [2.05, 4.69) is 48.8 Å². The second-order valence-electron chi connectivity index (χ2n) is 9.76. The van der Waals surface area contributed by atoms with Gasteiger partial charge in [-0.3, -0.25) is 0 Å². The average Bonchev–Trinajstić information content (AvgIpc) is 2.69. The molecule has 1 unspecified atom stereocenters. The van der Waals surface area contributed by atoms with Gasteiger partial charge in [0.25, 0.3) is 0 Å². The van der Waals surface area contributed by atoms with Crippen molar-refractivity contribution in [3.05, 3.63) is 70.2 Å². The molecule has 2 rings (SSSR count). The lowest BCUT2D eigenvalue weighted by atomic mass is 10.0. The highest BCUT2D eigenvalue weighted by molar-refractivity contribution is 9.10. The molecule has 2 aromatic rings. The molecule has 0 N–H and O–H groups in total. The molecule has 0 heterocycles. The highest BCUT2D eigenvalue weighted by Crippen LogP contribution is 2.28. The van der Waals surface area contributed by atoms with E-state index < -0.39 is 5.60 Å². The Morgan fingerprint density at radius 1 is 1.03 bits per heavy atom. The van der Waals surface area contributed by atoms with Crippen LogP contribution in [-0.2, 0) is 4.74 Å². The van der Waals surface area contributed by atoms with Crippen LogP contribution in [0.5, 0.6) is 0 Å². The SMILES string of the molecule is CC(c1ccc(Br)cc1)N(CC/C(=N\SC(C)(C)C)c1ccccc1)C(=O)OC(C)(C)C. The summed E-state index contributed by atoms with van der Waals surface area (Å²) in [4.78, 5) is 15.0. The summed E-state index contributed by atoms with van der Waals surface area (Å²) < 4.78 is 11.6. The first-order valence-corrected chi connectivity index (χ1v) is 12.5. The third-order valence-electron chi connectivity index (χ3n) is 4.57. The highest BCUT2D eigenvalue weighted by Gasteiger charge is 2.27. The molecule has 0 spiro atoms. The Bertz CT molecular complexity index is 900. The van der Waals surface area contributed by atoms with Gasteiger partial charge < -0.3 is 9.64 Å². The van der Waals surface area contributed by atoms with Gasteiger partial charge in [0, 0.05) is 22.2 Å². The maximum Gasteiger partial charge on any atom is 0.410 e. The fourth-order valence-electron chi connectivity index (χ4n) is 2.98. The van der Waals surface area contributed by atoms with E-state index in [4.69, 9.17) is 9.13 Å². The van der Waals surface area contributed by atoms with Crippen molar-refractivity contribution in [1.29, 1.82) is 0 Å². The molecule has 4 nitrogen and oxygen atoms in total. The van der Waals surface area contributed by atoms with E-state index >= 15 is 0 Å². The quantitative estimate of drug-likeness (QED) is 0.274. The minimum atomic E-state index is -0.562. The van der Waals surface area contributed by atoms with E-state index in [0.717, 1.165) is 21.3 Å². The summed E-state index contributed by atoms with van der Waals surface area (Å²) >= 11 is 5.05. The van der Waals surface area contributed by atoms with Crippen LogP contribution >= 0.6 is 27.9 Å². The van der Waals surface area contributed by atoms with Crippen molar-refractivity contribution in [3.63, 3.8) is 0 Å². The van der Waals surface area contributed by atoms with Gasteiger partial charge in [-0.2, -0.15) is 0 Å². The van der Waals surface area contributed by atoms with E-state index in [1.165, 1.54) is 0 Å². The summed E-state index contributed by atoms with van der Waals surface area (Å²) in [6.07, 6.45) is 0.316. The summed E-state index contributed by atoms with van der Waals surface area (Å²) in [5, 5.41) is 0. The molecule has 0 aliphatic heterocycles. The van der Waals surface area contributed by atoms with Crippen molar-refractivity contribution in [3.8, 4) is 0 Å². The largest absolute Gasteiger partial charge is 0.444 e. The lowest BCUT2D eigenvalue weighted by Crippen LogP contribution is -2.39. The molecule has 0 aliphatic carbocycles. The molecular weight excluding hydrogens is 484 g/mol. The third kappa shape index (κ3) is 8.99. The highest BCUT2D eigenvalue weighted by atomic mass is 79.9. The molecule has 0 saturated carbocycles. The van der Waals surface area contributed by atoms with Gasteiger partial charge >= 0.3 is 6.09 Å². The zero-order chi connectivity index (χ0) is 23.9. The van der Waals surface area contributed by atoms with Crippen molar-refractivity contribution in [2.75, 3.05) is 6.54 Å². The Morgan fingerprint density at radius 3 is 2.16 bits per heavy atom. The predicted molar refractivity (Wildman–Crippen MR) is 140 cm³/mol. The molecule has 1 amide bonds. The van der Waals surface area contributed by atoms with Gasteiger partial charge in [0.15, 0.2) is 0 Å². The van der Waals surface area contributed by atoms with Crippen LogP contribution in [0, 0.1) is 0 Å². The Labute approximate surface area is 206 Å². The van der Waals surface area contributed by atoms with E-state index in [9.17, 15) is 4.79 Å².